The number of aliphatic hydroxyl groups excluding tert-OH is 1. The molecule has 0 radical (unpaired) electrons. The number of hydrogen-bond donors (Lipinski definition) is 2. The van der Waals surface area contributed by atoms with Gasteiger partial charge < -0.3 is 15.3 Å². The largest absolute Gasteiger partial charge is 0.393 e. The molecular formula is C17H26N2O. The number of rotatable bonds is 6. The molecule has 0 heterocycles. The molecule has 3 nitrogen and oxygen atoms in total. The first-order valence-electron chi connectivity index (χ1n) is 7.84. The summed E-state index contributed by atoms with van der Waals surface area (Å²) in [5.41, 5.74) is 4.05. The molecule has 0 aliphatic heterocycles. The maximum Gasteiger partial charge on any atom is 0.0546 e. The normalized spacial score (nSPS) is 25.4. The zero-order valence-electron chi connectivity index (χ0n) is 12.6. The van der Waals surface area contributed by atoms with E-state index in [4.69, 9.17) is 0 Å². The number of nitrogens with one attached hydrogen (secondary N) is 1. The van der Waals surface area contributed by atoms with Crippen LogP contribution in [-0.2, 0) is 6.54 Å². The van der Waals surface area contributed by atoms with Crippen LogP contribution in [-0.4, -0.2) is 30.8 Å². The van der Waals surface area contributed by atoms with Crippen molar-refractivity contribution in [2.45, 2.75) is 51.3 Å². The Morgan fingerprint density at radius 2 is 2.05 bits per heavy atom. The predicted octanol–water partition coefficient (Wildman–Crippen LogP) is 2.45. The Morgan fingerprint density at radius 1 is 1.30 bits per heavy atom. The highest BCUT2D eigenvalue weighted by Crippen LogP contribution is 2.30. The molecule has 1 aromatic carbocycles. The molecule has 0 amide bonds. The van der Waals surface area contributed by atoms with E-state index in [1.807, 2.05) is 0 Å². The Labute approximate surface area is 122 Å². The molecular weight excluding hydrogens is 248 g/mol. The number of nitrogens with zero attached hydrogens (tertiary/aromatic N) is 1. The van der Waals surface area contributed by atoms with Crippen molar-refractivity contribution in [3.05, 3.63) is 29.3 Å². The standard InChI is InChI=1S/C17H26N2O/c1-12-7-13(10-18-15-4-5-15)3-6-17(12)19(2)11-14-8-16(20)9-14/h3,6-7,14-16,18,20H,4-5,8-11H2,1-2H3. The molecule has 3 heteroatoms. The second-order valence-corrected chi connectivity index (χ2v) is 6.65. The first kappa shape index (κ1) is 13.9. The fraction of sp³-hybridized carbons (Fsp3) is 0.647. The van der Waals surface area contributed by atoms with Crippen LogP contribution in [0.2, 0.25) is 0 Å². The number of anilines is 1. The molecule has 2 aliphatic rings. The predicted molar refractivity (Wildman–Crippen MR) is 83.0 cm³/mol. The minimum absolute atomic E-state index is 0.0506. The fourth-order valence-corrected chi connectivity index (χ4v) is 3.14. The van der Waals surface area contributed by atoms with Gasteiger partial charge in [0.1, 0.15) is 0 Å². The van der Waals surface area contributed by atoms with Crippen molar-refractivity contribution < 1.29 is 5.11 Å². The van der Waals surface area contributed by atoms with Crippen LogP contribution in [0.25, 0.3) is 0 Å². The molecule has 2 aliphatic carbocycles. The average molecular weight is 274 g/mol. The van der Waals surface area contributed by atoms with E-state index in [0.717, 1.165) is 32.0 Å². The van der Waals surface area contributed by atoms with Crippen molar-refractivity contribution >= 4 is 5.69 Å². The molecule has 20 heavy (non-hydrogen) atoms. The first-order valence-corrected chi connectivity index (χ1v) is 7.84. The van der Waals surface area contributed by atoms with Crippen LogP contribution in [0.1, 0.15) is 36.8 Å². The summed E-state index contributed by atoms with van der Waals surface area (Å²) < 4.78 is 0. The zero-order chi connectivity index (χ0) is 14.1. The highest BCUT2D eigenvalue weighted by molar-refractivity contribution is 5.54. The summed E-state index contributed by atoms with van der Waals surface area (Å²) in [6.45, 7) is 4.24. The first-order chi connectivity index (χ1) is 9.61. The lowest BCUT2D eigenvalue weighted by Crippen LogP contribution is -2.37. The lowest BCUT2D eigenvalue weighted by molar-refractivity contribution is 0.0465. The highest BCUT2D eigenvalue weighted by atomic mass is 16.3. The van der Waals surface area contributed by atoms with E-state index in [1.54, 1.807) is 0 Å². The van der Waals surface area contributed by atoms with Gasteiger partial charge in [0.15, 0.2) is 0 Å². The highest BCUT2D eigenvalue weighted by Gasteiger charge is 2.28. The van der Waals surface area contributed by atoms with Crippen LogP contribution >= 0.6 is 0 Å². The number of benzene rings is 1. The van der Waals surface area contributed by atoms with Crippen molar-refractivity contribution in [1.29, 1.82) is 0 Å². The third-order valence-electron chi connectivity index (χ3n) is 4.59. The summed E-state index contributed by atoms with van der Waals surface area (Å²) >= 11 is 0. The van der Waals surface area contributed by atoms with Gasteiger partial charge >= 0.3 is 0 Å². The van der Waals surface area contributed by atoms with E-state index in [-0.39, 0.29) is 6.10 Å². The van der Waals surface area contributed by atoms with E-state index in [0.29, 0.717) is 5.92 Å². The SMILES string of the molecule is Cc1cc(CNC2CC2)ccc1N(C)CC1CC(O)C1. The summed E-state index contributed by atoms with van der Waals surface area (Å²) in [6, 6.07) is 7.55. The molecule has 1 aromatic rings. The molecule has 2 fully saturated rings. The minimum atomic E-state index is -0.0506. The van der Waals surface area contributed by atoms with Crippen molar-refractivity contribution in [1.82, 2.24) is 5.32 Å². The average Bonchev–Trinajstić information content (AvgIpc) is 3.18. The van der Waals surface area contributed by atoms with Gasteiger partial charge in [-0.25, -0.2) is 0 Å². The maximum absolute atomic E-state index is 9.38. The monoisotopic (exact) mass is 274 g/mol. The number of aryl methyl sites for hydroxylation is 1. The lowest BCUT2D eigenvalue weighted by Gasteiger charge is -2.35. The van der Waals surface area contributed by atoms with Gasteiger partial charge in [0.25, 0.3) is 0 Å². The third-order valence-corrected chi connectivity index (χ3v) is 4.59. The van der Waals surface area contributed by atoms with Gasteiger partial charge in [-0.3, -0.25) is 0 Å². The van der Waals surface area contributed by atoms with Crippen LogP contribution in [0.15, 0.2) is 18.2 Å². The molecule has 2 N–H and O–H groups in total. The molecule has 0 spiro atoms. The second-order valence-electron chi connectivity index (χ2n) is 6.65. The molecule has 0 bridgehead atoms. The molecule has 0 atom stereocenters. The van der Waals surface area contributed by atoms with Crippen LogP contribution in [0.5, 0.6) is 0 Å². The summed E-state index contributed by atoms with van der Waals surface area (Å²) in [5.74, 6) is 0.658. The van der Waals surface area contributed by atoms with Crippen molar-refractivity contribution in [3.8, 4) is 0 Å². The topological polar surface area (TPSA) is 35.5 Å². The van der Waals surface area contributed by atoms with Crippen LogP contribution in [0.4, 0.5) is 5.69 Å². The van der Waals surface area contributed by atoms with Gasteiger partial charge in [0.05, 0.1) is 6.10 Å². The number of hydrogen-bond acceptors (Lipinski definition) is 3. The Kier molecular flexibility index (Phi) is 3.99. The van der Waals surface area contributed by atoms with Crippen LogP contribution < -0.4 is 10.2 Å². The van der Waals surface area contributed by atoms with Crippen LogP contribution in [0.3, 0.4) is 0 Å². The lowest BCUT2D eigenvalue weighted by atomic mass is 9.82. The molecule has 110 valence electrons. The van der Waals surface area contributed by atoms with E-state index in [1.165, 1.54) is 29.7 Å². The summed E-state index contributed by atoms with van der Waals surface area (Å²) in [4.78, 5) is 2.34. The fourth-order valence-electron chi connectivity index (χ4n) is 3.14. The van der Waals surface area contributed by atoms with Crippen molar-refractivity contribution in [2.75, 3.05) is 18.5 Å². The third kappa shape index (κ3) is 3.33. The summed E-state index contributed by atoms with van der Waals surface area (Å²) in [5, 5.41) is 12.9. The maximum atomic E-state index is 9.38. The van der Waals surface area contributed by atoms with E-state index in [9.17, 15) is 5.11 Å². The smallest absolute Gasteiger partial charge is 0.0546 e. The van der Waals surface area contributed by atoms with Crippen LogP contribution in [0, 0.1) is 12.8 Å². The Balaban J connectivity index is 1.57. The molecule has 0 unspecified atom stereocenters. The van der Waals surface area contributed by atoms with Crippen molar-refractivity contribution in [2.24, 2.45) is 5.92 Å². The molecule has 2 saturated carbocycles. The minimum Gasteiger partial charge on any atom is -0.393 e. The molecule has 0 saturated heterocycles. The Morgan fingerprint density at radius 3 is 2.65 bits per heavy atom. The van der Waals surface area contributed by atoms with E-state index >= 15 is 0 Å². The van der Waals surface area contributed by atoms with Gasteiger partial charge in [-0.15, -0.1) is 0 Å². The number of aliphatic hydroxyl groups is 1. The Bertz CT molecular complexity index is 464. The summed E-state index contributed by atoms with van der Waals surface area (Å²) in [6.07, 6.45) is 4.56. The van der Waals surface area contributed by atoms with Gasteiger partial charge in [-0.1, -0.05) is 12.1 Å². The molecule has 0 aromatic heterocycles. The van der Waals surface area contributed by atoms with Crippen molar-refractivity contribution in [3.63, 3.8) is 0 Å². The van der Waals surface area contributed by atoms with E-state index < -0.39 is 0 Å². The van der Waals surface area contributed by atoms with Gasteiger partial charge in [0.2, 0.25) is 0 Å². The quantitative estimate of drug-likeness (QED) is 0.836. The van der Waals surface area contributed by atoms with Gasteiger partial charge in [-0.05, 0) is 55.7 Å². The second kappa shape index (κ2) is 5.74. The zero-order valence-corrected chi connectivity index (χ0v) is 12.6. The molecule has 3 rings (SSSR count). The van der Waals surface area contributed by atoms with Gasteiger partial charge in [-0.2, -0.15) is 0 Å². The van der Waals surface area contributed by atoms with Gasteiger partial charge in [0, 0.05) is 31.9 Å². The Hall–Kier alpha value is -1.06. The van der Waals surface area contributed by atoms with E-state index in [2.05, 4.69) is 42.4 Å². The summed E-state index contributed by atoms with van der Waals surface area (Å²) in [7, 11) is 2.16.